The zero-order valence-electron chi connectivity index (χ0n) is 27.6. The lowest BCUT2D eigenvalue weighted by Crippen LogP contribution is -2.39. The fraction of sp³-hybridized carbons (Fsp3) is 0.146. The third-order valence-corrected chi connectivity index (χ3v) is 9.31. The second-order valence-electron chi connectivity index (χ2n) is 12.2. The lowest BCUT2D eigenvalue weighted by atomic mass is 9.77. The van der Waals surface area contributed by atoms with Crippen LogP contribution in [0, 0.1) is 0 Å². The molecule has 8 heteroatoms. The van der Waals surface area contributed by atoms with E-state index in [1.54, 1.807) is 0 Å². The van der Waals surface area contributed by atoms with Crippen molar-refractivity contribution in [3.05, 3.63) is 179 Å². The summed E-state index contributed by atoms with van der Waals surface area (Å²) in [7, 11) is 0. The Kier molecular flexibility index (Phi) is 7.89. The Morgan fingerprint density at radius 1 is 0.612 bits per heavy atom. The van der Waals surface area contributed by atoms with Gasteiger partial charge in [-0.3, -0.25) is 4.68 Å². The predicted molar refractivity (Wildman–Crippen MR) is 192 cm³/mol. The summed E-state index contributed by atoms with van der Waals surface area (Å²) in [5.41, 5.74) is 8.75. The first-order chi connectivity index (χ1) is 24.2. The Morgan fingerprint density at radius 2 is 1.18 bits per heavy atom. The average molecular weight is 641 g/mol. The van der Waals surface area contributed by atoms with Crippen molar-refractivity contribution in [3.8, 4) is 22.5 Å². The molecule has 0 saturated carbocycles. The van der Waals surface area contributed by atoms with E-state index in [4.69, 9.17) is 20.4 Å². The third-order valence-electron chi connectivity index (χ3n) is 9.31. The quantitative estimate of drug-likeness (QED) is 0.142. The van der Waals surface area contributed by atoms with Crippen LogP contribution in [0.15, 0.2) is 146 Å². The Hall–Kier alpha value is -6.15. The smallest absolute Gasteiger partial charge is 0.184 e. The maximum absolute atomic E-state index is 4.77. The fourth-order valence-corrected chi connectivity index (χ4v) is 6.92. The monoisotopic (exact) mass is 640 g/mol. The van der Waals surface area contributed by atoms with Crippen LogP contribution in [-0.4, -0.2) is 39.6 Å². The van der Waals surface area contributed by atoms with Gasteiger partial charge >= 0.3 is 0 Å². The Labute approximate surface area is 285 Å². The zero-order valence-corrected chi connectivity index (χ0v) is 27.6. The topological polar surface area (TPSA) is 78.7 Å². The van der Waals surface area contributed by atoms with E-state index in [1.807, 2.05) is 33.6 Å². The third kappa shape index (κ3) is 5.22. The molecule has 0 unspecified atom stereocenters. The van der Waals surface area contributed by atoms with Gasteiger partial charge in [0.15, 0.2) is 17.3 Å². The molecule has 8 nitrogen and oxygen atoms in total. The molecule has 0 fully saturated rings. The van der Waals surface area contributed by atoms with Crippen molar-refractivity contribution < 1.29 is 0 Å². The largest absolute Gasteiger partial charge is 0.266 e. The molecule has 3 heterocycles. The maximum atomic E-state index is 4.77. The number of rotatable bonds is 10. The van der Waals surface area contributed by atoms with E-state index in [0.29, 0.717) is 12.4 Å². The van der Waals surface area contributed by atoms with Crippen LogP contribution in [0.25, 0.3) is 28.2 Å². The van der Waals surface area contributed by atoms with Gasteiger partial charge in [0, 0.05) is 23.7 Å². The molecule has 0 amide bonds. The molecule has 0 N–H and O–H groups in total. The van der Waals surface area contributed by atoms with E-state index in [-0.39, 0.29) is 0 Å². The number of hydrogen-bond acceptors (Lipinski definition) is 5. The van der Waals surface area contributed by atoms with Crippen LogP contribution in [0.1, 0.15) is 47.5 Å². The van der Waals surface area contributed by atoms with Crippen molar-refractivity contribution in [1.29, 1.82) is 0 Å². The highest BCUT2D eigenvalue weighted by molar-refractivity contribution is 5.81. The van der Waals surface area contributed by atoms with Gasteiger partial charge < -0.3 is 0 Å². The molecular weight excluding hydrogens is 605 g/mol. The maximum Gasteiger partial charge on any atom is 0.184 e. The summed E-state index contributed by atoms with van der Waals surface area (Å²) in [5.74, 6) is 1.54. The Morgan fingerprint density at radius 3 is 1.76 bits per heavy atom. The number of tetrazole rings is 1. The normalized spacial score (nSPS) is 11.7. The summed E-state index contributed by atoms with van der Waals surface area (Å²) in [6.45, 7) is 4.94. The molecule has 49 heavy (non-hydrogen) atoms. The number of aryl methyl sites for hydroxylation is 2. The van der Waals surface area contributed by atoms with Crippen LogP contribution < -0.4 is 0 Å². The molecular formula is C41H36N8. The minimum atomic E-state index is -0.835. The molecule has 8 rings (SSSR count). The minimum absolute atomic E-state index is 0.677. The summed E-state index contributed by atoms with van der Waals surface area (Å²) in [5, 5.41) is 18.6. The van der Waals surface area contributed by atoms with Crippen LogP contribution in [0.5, 0.6) is 0 Å². The molecule has 0 aliphatic carbocycles. The van der Waals surface area contributed by atoms with Gasteiger partial charge in [-0.25, -0.2) is 9.67 Å². The second-order valence-corrected chi connectivity index (χ2v) is 12.2. The molecule has 5 aromatic carbocycles. The van der Waals surface area contributed by atoms with Crippen molar-refractivity contribution in [3.63, 3.8) is 0 Å². The van der Waals surface area contributed by atoms with Gasteiger partial charge in [-0.2, -0.15) is 4.63 Å². The van der Waals surface area contributed by atoms with Gasteiger partial charge in [0.1, 0.15) is 5.54 Å². The number of nitrogens with zero attached hydrogens (tertiary/aromatic N) is 8. The highest BCUT2D eigenvalue weighted by atomic mass is 15.6. The van der Waals surface area contributed by atoms with Crippen LogP contribution in [0.3, 0.4) is 0 Å². The summed E-state index contributed by atoms with van der Waals surface area (Å²) in [4.78, 5) is 4.75. The number of hydrogen-bond donors (Lipinski definition) is 0. The van der Waals surface area contributed by atoms with E-state index in [0.717, 1.165) is 57.7 Å². The van der Waals surface area contributed by atoms with Crippen LogP contribution in [-0.2, 0) is 24.9 Å². The van der Waals surface area contributed by atoms with Crippen LogP contribution in [0.2, 0.25) is 0 Å². The van der Waals surface area contributed by atoms with E-state index in [9.17, 15) is 0 Å². The van der Waals surface area contributed by atoms with Crippen LogP contribution in [0.4, 0.5) is 0 Å². The van der Waals surface area contributed by atoms with Crippen molar-refractivity contribution in [1.82, 2.24) is 39.6 Å². The van der Waals surface area contributed by atoms with Gasteiger partial charge in [0.25, 0.3) is 0 Å². The minimum Gasteiger partial charge on any atom is -0.266 e. The predicted octanol–water partition coefficient (Wildman–Crippen LogP) is 7.86. The first kappa shape index (κ1) is 30.2. The molecule has 0 radical (unpaired) electrons. The first-order valence-electron chi connectivity index (χ1n) is 16.8. The highest BCUT2D eigenvalue weighted by Crippen LogP contribution is 2.43. The molecule has 8 aromatic rings. The van der Waals surface area contributed by atoms with Crippen molar-refractivity contribution >= 4 is 5.65 Å². The highest BCUT2D eigenvalue weighted by Gasteiger charge is 2.42. The molecule has 3 aromatic heterocycles. The molecule has 0 spiro atoms. The Bertz CT molecular complexity index is 2220. The van der Waals surface area contributed by atoms with Crippen molar-refractivity contribution in [2.45, 2.75) is 38.8 Å². The van der Waals surface area contributed by atoms with Gasteiger partial charge in [-0.05, 0) is 50.2 Å². The van der Waals surface area contributed by atoms with Gasteiger partial charge in [0.05, 0.1) is 6.54 Å². The van der Waals surface area contributed by atoms with Crippen molar-refractivity contribution in [2.24, 2.45) is 0 Å². The van der Waals surface area contributed by atoms with E-state index >= 15 is 0 Å². The van der Waals surface area contributed by atoms with Crippen molar-refractivity contribution in [2.75, 3.05) is 0 Å². The average Bonchev–Trinajstić information content (AvgIpc) is 3.91. The van der Waals surface area contributed by atoms with E-state index in [1.165, 1.54) is 11.1 Å². The second kappa shape index (κ2) is 12.8. The van der Waals surface area contributed by atoms with E-state index in [2.05, 4.69) is 145 Å². The number of aromatic nitrogens is 8. The zero-order chi connectivity index (χ0) is 33.2. The molecule has 0 aliphatic rings. The first-order valence-corrected chi connectivity index (χ1v) is 16.8. The molecule has 0 saturated heterocycles. The summed E-state index contributed by atoms with van der Waals surface area (Å²) in [6, 6.07) is 48.6. The van der Waals surface area contributed by atoms with Crippen LogP contribution >= 0.6 is 0 Å². The summed E-state index contributed by atoms with van der Waals surface area (Å²) in [6.07, 6.45) is 3.88. The number of fused-ring (bicyclic) bond motifs is 1. The standard InChI is InChI=1S/C41H36N8/c1-3-31-29-47(49-39(31)42-38(4-2)44-49)28-30-24-26-32(27-25-30)36-22-14-15-23-37(36)40-43-45-46-48(40)41(33-16-8-5-9-17-33,34-18-10-6-11-19-34)35-20-12-7-13-21-35/h5-27,29H,3-4,28H2,1-2H3. The lowest BCUT2D eigenvalue weighted by Gasteiger charge is -2.36. The Balaban J connectivity index is 1.23. The summed E-state index contributed by atoms with van der Waals surface area (Å²) >= 11 is 0. The van der Waals surface area contributed by atoms with Gasteiger partial charge in [-0.15, -0.1) is 10.2 Å². The molecule has 0 bridgehead atoms. The SMILES string of the molecule is CCc1nc2c(CC)cn(Cc3ccc(-c4ccccc4-c4nnnn4C(c4ccccc4)(c4ccccc4)c4ccccc4)cc3)n2n1. The van der Waals surface area contributed by atoms with Gasteiger partial charge in [0.2, 0.25) is 0 Å². The van der Waals surface area contributed by atoms with Gasteiger partial charge in [-0.1, -0.05) is 153 Å². The lowest BCUT2D eigenvalue weighted by molar-refractivity contribution is 0.451. The summed E-state index contributed by atoms with van der Waals surface area (Å²) < 4.78 is 6.08. The fourth-order valence-electron chi connectivity index (χ4n) is 6.92. The molecule has 0 atom stereocenters. The number of benzene rings is 5. The molecule has 240 valence electrons. The van der Waals surface area contributed by atoms with E-state index < -0.39 is 5.54 Å². The molecule has 0 aliphatic heterocycles.